The lowest BCUT2D eigenvalue weighted by molar-refractivity contribution is 0.171. The predicted octanol–water partition coefficient (Wildman–Crippen LogP) is 1.55. The molecule has 0 saturated heterocycles. The van der Waals surface area contributed by atoms with Crippen LogP contribution in [0.25, 0.3) is 0 Å². The summed E-state index contributed by atoms with van der Waals surface area (Å²) in [6.07, 6.45) is 0. The Labute approximate surface area is 135 Å². The third kappa shape index (κ3) is 4.14. The number of ether oxygens (including phenoxy) is 2. The zero-order chi connectivity index (χ0) is 15.0. The largest absolute Gasteiger partial charge is 0.486 e. The number of rotatable bonds is 4. The van der Waals surface area contributed by atoms with E-state index in [-0.39, 0.29) is 28.9 Å². The smallest absolute Gasteiger partial charge is 0.242 e. The van der Waals surface area contributed by atoms with Crippen molar-refractivity contribution >= 4 is 34.0 Å². The third-order valence-corrected chi connectivity index (χ3v) is 4.97. The molecule has 0 atom stereocenters. The molecule has 21 heavy (non-hydrogen) atoms. The fourth-order valence-corrected chi connectivity index (χ4v) is 3.67. The van der Waals surface area contributed by atoms with Crippen molar-refractivity contribution in [3.8, 4) is 11.5 Å². The number of hydrogen-bond acceptors (Lipinski definition) is 5. The van der Waals surface area contributed by atoms with Gasteiger partial charge in [0.15, 0.2) is 11.5 Å². The van der Waals surface area contributed by atoms with Gasteiger partial charge in [0, 0.05) is 24.2 Å². The number of halogens is 2. The Morgan fingerprint density at radius 2 is 1.81 bits per heavy atom. The summed E-state index contributed by atoms with van der Waals surface area (Å²) in [6.45, 7) is 4.32. The van der Waals surface area contributed by atoms with E-state index < -0.39 is 15.6 Å². The minimum Gasteiger partial charge on any atom is -0.486 e. The first-order valence-corrected chi connectivity index (χ1v) is 7.94. The summed E-state index contributed by atoms with van der Waals surface area (Å²) in [4.78, 5) is -0.0510. The second kappa shape index (κ2) is 6.58. The van der Waals surface area contributed by atoms with Crippen molar-refractivity contribution in [1.29, 1.82) is 0 Å². The van der Waals surface area contributed by atoms with E-state index in [1.165, 1.54) is 12.1 Å². The van der Waals surface area contributed by atoms with Gasteiger partial charge in [0.2, 0.25) is 10.0 Å². The molecule has 1 aromatic rings. The molecule has 0 bridgehead atoms. The molecule has 0 unspecified atom stereocenters. The molecule has 0 amide bonds. The van der Waals surface area contributed by atoms with Crippen LogP contribution in [0.1, 0.15) is 13.8 Å². The van der Waals surface area contributed by atoms with E-state index in [1.807, 2.05) is 0 Å². The van der Waals surface area contributed by atoms with E-state index in [4.69, 9.17) is 26.8 Å². The van der Waals surface area contributed by atoms with E-state index in [0.29, 0.717) is 24.7 Å². The van der Waals surface area contributed by atoms with Gasteiger partial charge in [-0.25, -0.2) is 13.1 Å². The Hall–Kier alpha value is -0.730. The molecule has 0 radical (unpaired) electrons. The SMILES string of the molecule is CC(C)(CN)NS(=O)(=O)c1cc2c(cc1Cl)OCCO2.Cl. The highest BCUT2D eigenvalue weighted by molar-refractivity contribution is 7.89. The fourth-order valence-electron chi connectivity index (χ4n) is 1.71. The van der Waals surface area contributed by atoms with Crippen molar-refractivity contribution in [3.63, 3.8) is 0 Å². The molecule has 6 nitrogen and oxygen atoms in total. The van der Waals surface area contributed by atoms with Gasteiger partial charge in [-0.2, -0.15) is 0 Å². The van der Waals surface area contributed by atoms with Gasteiger partial charge < -0.3 is 15.2 Å². The average Bonchev–Trinajstić information content (AvgIpc) is 2.36. The van der Waals surface area contributed by atoms with Crippen LogP contribution in [-0.4, -0.2) is 33.7 Å². The van der Waals surface area contributed by atoms with E-state index in [9.17, 15) is 8.42 Å². The van der Waals surface area contributed by atoms with E-state index in [0.717, 1.165) is 0 Å². The van der Waals surface area contributed by atoms with E-state index in [2.05, 4.69) is 4.72 Å². The van der Waals surface area contributed by atoms with Crippen LogP contribution in [0, 0.1) is 0 Å². The molecule has 0 saturated carbocycles. The minimum atomic E-state index is -3.79. The summed E-state index contributed by atoms with van der Waals surface area (Å²) in [5.74, 6) is 0.810. The maximum absolute atomic E-state index is 12.4. The molecule has 2 rings (SSSR count). The lowest BCUT2D eigenvalue weighted by atomic mass is 10.1. The standard InChI is InChI=1S/C12H17ClN2O4S.ClH/c1-12(2,7-14)15-20(16,17)11-6-10-9(5-8(11)13)18-3-4-19-10;/h5-6,15H,3-4,7,14H2,1-2H3;1H. The number of fused-ring (bicyclic) bond motifs is 1. The first kappa shape index (κ1) is 18.3. The predicted molar refractivity (Wildman–Crippen MR) is 83.1 cm³/mol. The molecule has 1 aliphatic heterocycles. The highest BCUT2D eigenvalue weighted by Gasteiger charge is 2.28. The fraction of sp³-hybridized carbons (Fsp3) is 0.500. The second-order valence-corrected chi connectivity index (χ2v) is 7.18. The van der Waals surface area contributed by atoms with Crippen molar-refractivity contribution in [1.82, 2.24) is 4.72 Å². The molecule has 1 aromatic carbocycles. The van der Waals surface area contributed by atoms with Gasteiger partial charge in [0.05, 0.1) is 5.02 Å². The quantitative estimate of drug-likeness (QED) is 0.853. The number of hydrogen-bond donors (Lipinski definition) is 2. The van der Waals surface area contributed by atoms with Crippen molar-refractivity contribution in [2.45, 2.75) is 24.3 Å². The zero-order valence-corrected chi connectivity index (χ0v) is 14.1. The van der Waals surface area contributed by atoms with Crippen LogP contribution in [0.5, 0.6) is 11.5 Å². The molecule has 3 N–H and O–H groups in total. The van der Waals surface area contributed by atoms with Gasteiger partial charge in [0.1, 0.15) is 18.1 Å². The van der Waals surface area contributed by atoms with Crippen LogP contribution >= 0.6 is 24.0 Å². The van der Waals surface area contributed by atoms with Gasteiger partial charge in [-0.3, -0.25) is 0 Å². The summed E-state index contributed by atoms with van der Waals surface area (Å²) >= 11 is 6.03. The zero-order valence-electron chi connectivity index (χ0n) is 11.7. The molecule has 0 fully saturated rings. The lowest BCUT2D eigenvalue weighted by Crippen LogP contribution is -2.48. The van der Waals surface area contributed by atoms with Gasteiger partial charge >= 0.3 is 0 Å². The lowest BCUT2D eigenvalue weighted by Gasteiger charge is -2.25. The van der Waals surface area contributed by atoms with E-state index in [1.54, 1.807) is 13.8 Å². The monoisotopic (exact) mass is 356 g/mol. The van der Waals surface area contributed by atoms with Crippen molar-refractivity contribution in [2.75, 3.05) is 19.8 Å². The molecule has 120 valence electrons. The summed E-state index contributed by atoms with van der Waals surface area (Å²) in [5, 5.41) is 0.0783. The molecule has 1 aliphatic rings. The summed E-state index contributed by atoms with van der Waals surface area (Å²) in [7, 11) is -3.79. The molecule has 0 aliphatic carbocycles. The number of nitrogens with two attached hydrogens (primary N) is 1. The Morgan fingerprint density at radius 1 is 1.29 bits per heavy atom. The van der Waals surface area contributed by atoms with Crippen LogP contribution < -0.4 is 19.9 Å². The third-order valence-electron chi connectivity index (χ3n) is 2.81. The normalized spacial score (nSPS) is 14.5. The van der Waals surface area contributed by atoms with Crippen molar-refractivity contribution in [3.05, 3.63) is 17.2 Å². The Kier molecular flexibility index (Phi) is 5.74. The number of nitrogens with one attached hydrogen (secondary N) is 1. The molecular weight excluding hydrogens is 339 g/mol. The van der Waals surface area contributed by atoms with Gasteiger partial charge in [-0.1, -0.05) is 11.6 Å². The first-order chi connectivity index (χ1) is 9.25. The Bertz CT molecular complexity index is 620. The van der Waals surface area contributed by atoms with Crippen molar-refractivity contribution in [2.24, 2.45) is 5.73 Å². The number of sulfonamides is 1. The summed E-state index contributed by atoms with van der Waals surface area (Å²) < 4.78 is 38.0. The molecular formula is C12H18Cl2N2O4S. The summed E-state index contributed by atoms with van der Waals surface area (Å²) in [5.41, 5.74) is 4.77. The number of benzene rings is 1. The van der Waals surface area contributed by atoms with Crippen molar-refractivity contribution < 1.29 is 17.9 Å². The first-order valence-electron chi connectivity index (χ1n) is 6.08. The van der Waals surface area contributed by atoms with Crippen LogP contribution in [-0.2, 0) is 10.0 Å². The van der Waals surface area contributed by atoms with Crippen LogP contribution in [0.15, 0.2) is 17.0 Å². The van der Waals surface area contributed by atoms with Gasteiger partial charge in [-0.05, 0) is 13.8 Å². The Balaban J connectivity index is 0.00000220. The Morgan fingerprint density at radius 3 is 2.33 bits per heavy atom. The highest BCUT2D eigenvalue weighted by atomic mass is 35.5. The highest BCUT2D eigenvalue weighted by Crippen LogP contribution is 2.37. The van der Waals surface area contributed by atoms with Crippen LogP contribution in [0.3, 0.4) is 0 Å². The second-order valence-electron chi connectivity index (χ2n) is 5.12. The maximum atomic E-state index is 12.4. The van der Waals surface area contributed by atoms with Crippen LogP contribution in [0.4, 0.5) is 0 Å². The minimum absolute atomic E-state index is 0. The molecule has 0 aromatic heterocycles. The molecule has 1 heterocycles. The molecule has 9 heteroatoms. The van der Waals surface area contributed by atoms with E-state index >= 15 is 0 Å². The van der Waals surface area contributed by atoms with Gasteiger partial charge in [0.25, 0.3) is 0 Å². The molecule has 0 spiro atoms. The maximum Gasteiger partial charge on any atom is 0.242 e. The van der Waals surface area contributed by atoms with Crippen LogP contribution in [0.2, 0.25) is 5.02 Å². The summed E-state index contributed by atoms with van der Waals surface area (Å²) in [6, 6.07) is 2.81. The average molecular weight is 357 g/mol. The van der Waals surface area contributed by atoms with Gasteiger partial charge in [-0.15, -0.1) is 12.4 Å². The topological polar surface area (TPSA) is 90.7 Å².